The minimum absolute atomic E-state index is 0.0103. The summed E-state index contributed by atoms with van der Waals surface area (Å²) < 4.78 is 40.9. The number of aromatic nitrogens is 2. The van der Waals surface area contributed by atoms with Crippen LogP contribution in [-0.2, 0) is 6.18 Å². The van der Waals surface area contributed by atoms with Gasteiger partial charge < -0.3 is 5.73 Å². The van der Waals surface area contributed by atoms with E-state index in [1.807, 2.05) is 13.0 Å². The van der Waals surface area contributed by atoms with Crippen molar-refractivity contribution in [2.45, 2.75) is 13.1 Å². The van der Waals surface area contributed by atoms with Crippen molar-refractivity contribution in [2.75, 3.05) is 5.73 Å². The highest BCUT2D eigenvalue weighted by atomic mass is 19.4. The largest absolute Gasteiger partial charge is 0.417 e. The average Bonchev–Trinajstić information content (AvgIpc) is 2.75. The van der Waals surface area contributed by atoms with E-state index in [1.165, 1.54) is 12.1 Å². The summed E-state index contributed by atoms with van der Waals surface area (Å²) in [5.41, 5.74) is 6.85. The second kappa shape index (κ2) is 4.51. The topological polar surface area (TPSA) is 43.3 Å². The van der Waals surface area contributed by atoms with Crippen molar-refractivity contribution in [3.63, 3.8) is 0 Å². The minimum Gasteiger partial charge on any atom is -0.383 e. The highest BCUT2D eigenvalue weighted by molar-refractivity contribution is 5.77. The molecular formula is C15H12F3N3. The molecule has 0 saturated carbocycles. The van der Waals surface area contributed by atoms with Gasteiger partial charge in [0.2, 0.25) is 0 Å². The van der Waals surface area contributed by atoms with Gasteiger partial charge >= 0.3 is 6.18 Å². The quantitative estimate of drug-likeness (QED) is 0.738. The lowest BCUT2D eigenvalue weighted by Crippen LogP contribution is -2.07. The van der Waals surface area contributed by atoms with Crippen LogP contribution in [0.4, 0.5) is 19.0 Å². The molecule has 3 aromatic rings. The van der Waals surface area contributed by atoms with Crippen LogP contribution in [0.15, 0.2) is 42.6 Å². The molecule has 0 aliphatic carbocycles. The van der Waals surface area contributed by atoms with Gasteiger partial charge in [-0.25, -0.2) is 4.98 Å². The number of nitrogens with zero attached hydrogens (tertiary/aromatic N) is 2. The number of aryl methyl sites for hydroxylation is 1. The molecule has 0 spiro atoms. The summed E-state index contributed by atoms with van der Waals surface area (Å²) in [5, 5.41) is 0. The van der Waals surface area contributed by atoms with Crippen LogP contribution < -0.4 is 5.73 Å². The lowest BCUT2D eigenvalue weighted by Gasteiger charge is -2.11. The maximum atomic E-state index is 13.1. The number of alkyl halides is 3. The first-order valence-electron chi connectivity index (χ1n) is 6.28. The van der Waals surface area contributed by atoms with Gasteiger partial charge in [0.05, 0.1) is 5.56 Å². The second-order valence-corrected chi connectivity index (χ2v) is 4.82. The van der Waals surface area contributed by atoms with Crippen LogP contribution in [0.2, 0.25) is 0 Å². The number of nitrogen functional groups attached to an aromatic ring is 1. The molecule has 3 nitrogen and oxygen atoms in total. The van der Waals surface area contributed by atoms with E-state index in [1.54, 1.807) is 22.7 Å². The third-order valence-corrected chi connectivity index (χ3v) is 3.29. The van der Waals surface area contributed by atoms with E-state index in [0.717, 1.165) is 11.6 Å². The van der Waals surface area contributed by atoms with Crippen LogP contribution in [-0.4, -0.2) is 9.38 Å². The summed E-state index contributed by atoms with van der Waals surface area (Å²) in [5.74, 6) is 0.199. The molecule has 6 heteroatoms. The van der Waals surface area contributed by atoms with Crippen LogP contribution in [0.25, 0.3) is 16.9 Å². The van der Waals surface area contributed by atoms with Gasteiger partial charge in [0.15, 0.2) is 0 Å². The molecular weight excluding hydrogens is 279 g/mol. The van der Waals surface area contributed by atoms with Crippen molar-refractivity contribution in [1.29, 1.82) is 0 Å². The van der Waals surface area contributed by atoms with Gasteiger partial charge in [-0.05, 0) is 24.6 Å². The Hall–Kier alpha value is -2.50. The normalized spacial score (nSPS) is 12.0. The average molecular weight is 291 g/mol. The third kappa shape index (κ3) is 2.22. The van der Waals surface area contributed by atoms with Gasteiger partial charge in [-0.1, -0.05) is 24.3 Å². The van der Waals surface area contributed by atoms with Crippen LogP contribution in [0.3, 0.4) is 0 Å². The van der Waals surface area contributed by atoms with Gasteiger partial charge in [0.1, 0.15) is 17.2 Å². The molecule has 108 valence electrons. The van der Waals surface area contributed by atoms with Gasteiger partial charge in [-0.3, -0.25) is 4.40 Å². The Labute approximate surface area is 118 Å². The number of halogens is 3. The number of fused-ring (bicyclic) bond motifs is 1. The molecule has 0 amide bonds. The summed E-state index contributed by atoms with van der Waals surface area (Å²) >= 11 is 0. The maximum Gasteiger partial charge on any atom is 0.417 e. The number of hydrogen-bond donors (Lipinski definition) is 1. The number of imidazole rings is 1. The van der Waals surface area contributed by atoms with Crippen LogP contribution in [0.1, 0.15) is 11.1 Å². The molecule has 21 heavy (non-hydrogen) atoms. The molecule has 1 aromatic carbocycles. The first-order valence-corrected chi connectivity index (χ1v) is 6.28. The lowest BCUT2D eigenvalue weighted by molar-refractivity contribution is -0.137. The van der Waals surface area contributed by atoms with Crippen molar-refractivity contribution in [1.82, 2.24) is 9.38 Å². The van der Waals surface area contributed by atoms with Crippen molar-refractivity contribution < 1.29 is 13.2 Å². The zero-order valence-corrected chi connectivity index (χ0v) is 11.1. The van der Waals surface area contributed by atoms with Crippen LogP contribution in [0, 0.1) is 6.92 Å². The smallest absolute Gasteiger partial charge is 0.383 e. The monoisotopic (exact) mass is 291 g/mol. The van der Waals surface area contributed by atoms with Gasteiger partial charge in [0.25, 0.3) is 0 Å². The Morgan fingerprint density at radius 2 is 1.81 bits per heavy atom. The number of benzene rings is 1. The van der Waals surface area contributed by atoms with E-state index in [4.69, 9.17) is 5.73 Å². The number of pyridine rings is 1. The van der Waals surface area contributed by atoms with E-state index >= 15 is 0 Å². The van der Waals surface area contributed by atoms with Crippen molar-refractivity contribution in [2.24, 2.45) is 0 Å². The Morgan fingerprint density at radius 1 is 1.10 bits per heavy atom. The molecule has 2 aromatic heterocycles. The summed E-state index contributed by atoms with van der Waals surface area (Å²) in [6.45, 7) is 1.88. The minimum atomic E-state index is -4.45. The van der Waals surface area contributed by atoms with E-state index in [0.29, 0.717) is 5.65 Å². The van der Waals surface area contributed by atoms with E-state index in [9.17, 15) is 13.2 Å². The van der Waals surface area contributed by atoms with Gasteiger partial charge in [-0.15, -0.1) is 0 Å². The fourth-order valence-corrected chi connectivity index (χ4v) is 2.30. The number of nitrogens with two attached hydrogens (primary N) is 1. The number of hydrogen-bond acceptors (Lipinski definition) is 2. The number of rotatable bonds is 1. The van der Waals surface area contributed by atoms with E-state index in [-0.39, 0.29) is 17.1 Å². The predicted molar refractivity (Wildman–Crippen MR) is 74.8 cm³/mol. The molecule has 0 unspecified atom stereocenters. The van der Waals surface area contributed by atoms with Crippen LogP contribution in [0.5, 0.6) is 0 Å². The van der Waals surface area contributed by atoms with Crippen molar-refractivity contribution >= 4 is 11.5 Å². The molecule has 2 N–H and O–H groups in total. The Kier molecular flexibility index (Phi) is 2.90. The molecule has 0 radical (unpaired) electrons. The molecule has 0 bridgehead atoms. The standard InChI is InChI=1S/C15H12F3N3/c1-9-6-7-12-20-13(14(19)21(12)8-9)10-4-2-3-5-11(10)15(16,17)18/h2-8H,19H2,1H3. The molecule has 0 atom stereocenters. The molecule has 2 heterocycles. The zero-order valence-electron chi connectivity index (χ0n) is 11.1. The molecule has 0 aliphatic heterocycles. The van der Waals surface area contributed by atoms with Crippen molar-refractivity contribution in [3.8, 4) is 11.3 Å². The lowest BCUT2D eigenvalue weighted by atomic mass is 10.0. The van der Waals surface area contributed by atoms with Crippen LogP contribution >= 0.6 is 0 Å². The summed E-state index contributed by atoms with van der Waals surface area (Å²) in [4.78, 5) is 4.24. The van der Waals surface area contributed by atoms with E-state index < -0.39 is 11.7 Å². The second-order valence-electron chi connectivity index (χ2n) is 4.82. The Bertz CT molecular complexity index is 819. The Balaban J connectivity index is 2.29. The van der Waals surface area contributed by atoms with Gasteiger partial charge in [-0.2, -0.15) is 13.2 Å². The first kappa shape index (κ1) is 13.5. The molecule has 0 saturated heterocycles. The third-order valence-electron chi connectivity index (χ3n) is 3.29. The number of anilines is 1. The van der Waals surface area contributed by atoms with E-state index in [2.05, 4.69) is 4.98 Å². The summed E-state index contributed by atoms with van der Waals surface area (Å²) in [6, 6.07) is 8.87. The molecule has 0 aliphatic rings. The predicted octanol–water partition coefficient (Wildman–Crippen LogP) is 3.91. The zero-order chi connectivity index (χ0) is 15.2. The highest BCUT2D eigenvalue weighted by Gasteiger charge is 2.34. The van der Waals surface area contributed by atoms with Crippen molar-refractivity contribution in [3.05, 3.63) is 53.7 Å². The SMILES string of the molecule is Cc1ccc2nc(-c3ccccc3C(F)(F)F)c(N)n2c1. The maximum absolute atomic E-state index is 13.1. The highest BCUT2D eigenvalue weighted by Crippen LogP contribution is 2.38. The fraction of sp³-hybridized carbons (Fsp3) is 0.133. The summed E-state index contributed by atoms with van der Waals surface area (Å²) in [7, 11) is 0. The fourth-order valence-electron chi connectivity index (χ4n) is 2.30. The van der Waals surface area contributed by atoms with Gasteiger partial charge in [0, 0.05) is 11.8 Å². The first-order chi connectivity index (χ1) is 9.88. The molecule has 3 rings (SSSR count). The molecule has 0 fully saturated rings. The Morgan fingerprint density at radius 3 is 2.52 bits per heavy atom. The summed E-state index contributed by atoms with van der Waals surface area (Å²) in [6.07, 6.45) is -2.70.